The van der Waals surface area contributed by atoms with Crippen LogP contribution >= 0.6 is 11.8 Å². The van der Waals surface area contributed by atoms with Crippen molar-refractivity contribution in [1.82, 2.24) is 10.5 Å². The standard InChI is InChI=1S/C20H20N2O2S/c1-15-7-9-16(10-8-15)14-25-12-11-21-20(23)19-13-18(22-24-19)17-5-3-2-4-6-17/h2-10,13H,11-12,14H2,1H3,(H,21,23). The molecular weight excluding hydrogens is 332 g/mol. The molecule has 1 amide bonds. The van der Waals surface area contributed by atoms with Crippen LogP contribution in [-0.2, 0) is 5.75 Å². The van der Waals surface area contributed by atoms with Crippen molar-refractivity contribution in [3.05, 3.63) is 77.6 Å². The second kappa shape index (κ2) is 8.53. The van der Waals surface area contributed by atoms with E-state index in [1.54, 1.807) is 17.8 Å². The molecule has 3 rings (SSSR count). The fourth-order valence-corrected chi connectivity index (χ4v) is 3.14. The molecule has 0 saturated carbocycles. The highest BCUT2D eigenvalue weighted by molar-refractivity contribution is 7.98. The Balaban J connectivity index is 1.42. The summed E-state index contributed by atoms with van der Waals surface area (Å²) in [7, 11) is 0. The first-order valence-corrected chi connectivity index (χ1v) is 9.31. The molecule has 25 heavy (non-hydrogen) atoms. The molecule has 0 aliphatic rings. The quantitative estimate of drug-likeness (QED) is 0.644. The summed E-state index contributed by atoms with van der Waals surface area (Å²) in [4.78, 5) is 12.1. The second-order valence-corrected chi connectivity index (χ2v) is 6.84. The lowest BCUT2D eigenvalue weighted by Crippen LogP contribution is -2.25. The van der Waals surface area contributed by atoms with Gasteiger partial charge in [0, 0.05) is 29.7 Å². The topological polar surface area (TPSA) is 55.1 Å². The third-order valence-corrected chi connectivity index (χ3v) is 4.76. The lowest BCUT2D eigenvalue weighted by Gasteiger charge is -2.04. The van der Waals surface area contributed by atoms with Gasteiger partial charge in [-0.15, -0.1) is 0 Å². The molecule has 0 saturated heterocycles. The minimum Gasteiger partial charge on any atom is -0.350 e. The number of hydrogen-bond donors (Lipinski definition) is 1. The highest BCUT2D eigenvalue weighted by Gasteiger charge is 2.13. The zero-order chi connectivity index (χ0) is 17.5. The molecular formula is C20H20N2O2S. The van der Waals surface area contributed by atoms with Crippen LogP contribution in [0.25, 0.3) is 11.3 Å². The van der Waals surface area contributed by atoms with E-state index in [2.05, 4.69) is 41.7 Å². The number of carbonyl (C=O) groups is 1. The number of rotatable bonds is 7. The number of benzene rings is 2. The van der Waals surface area contributed by atoms with Crippen LogP contribution in [0.15, 0.2) is 65.2 Å². The number of nitrogens with one attached hydrogen (secondary N) is 1. The Hall–Kier alpha value is -2.53. The Morgan fingerprint density at radius 2 is 1.88 bits per heavy atom. The first-order valence-electron chi connectivity index (χ1n) is 8.16. The van der Waals surface area contributed by atoms with Crippen LogP contribution in [0.1, 0.15) is 21.7 Å². The molecule has 0 unspecified atom stereocenters. The van der Waals surface area contributed by atoms with Crippen molar-refractivity contribution in [3.8, 4) is 11.3 Å². The minimum atomic E-state index is -0.231. The summed E-state index contributed by atoms with van der Waals surface area (Å²) >= 11 is 1.79. The van der Waals surface area contributed by atoms with Gasteiger partial charge in [0.2, 0.25) is 5.76 Å². The van der Waals surface area contributed by atoms with Crippen LogP contribution in [0.2, 0.25) is 0 Å². The average Bonchev–Trinajstić information content (AvgIpc) is 3.14. The van der Waals surface area contributed by atoms with Gasteiger partial charge in [0.25, 0.3) is 5.91 Å². The molecule has 0 radical (unpaired) electrons. The van der Waals surface area contributed by atoms with Gasteiger partial charge in [0.15, 0.2) is 0 Å². The van der Waals surface area contributed by atoms with Gasteiger partial charge in [0.1, 0.15) is 5.69 Å². The van der Waals surface area contributed by atoms with E-state index < -0.39 is 0 Å². The lowest BCUT2D eigenvalue weighted by molar-refractivity contribution is 0.0919. The largest absolute Gasteiger partial charge is 0.350 e. The molecule has 1 heterocycles. The number of nitrogens with zero attached hydrogens (tertiary/aromatic N) is 1. The Bertz CT molecular complexity index is 813. The van der Waals surface area contributed by atoms with Crippen LogP contribution in [0.5, 0.6) is 0 Å². The van der Waals surface area contributed by atoms with E-state index in [1.165, 1.54) is 11.1 Å². The van der Waals surface area contributed by atoms with Gasteiger partial charge in [-0.3, -0.25) is 4.79 Å². The van der Waals surface area contributed by atoms with Gasteiger partial charge < -0.3 is 9.84 Å². The molecule has 0 aliphatic heterocycles. The number of aromatic nitrogens is 1. The Labute approximate surface area is 151 Å². The molecule has 0 spiro atoms. The molecule has 0 aliphatic carbocycles. The molecule has 5 heteroatoms. The lowest BCUT2D eigenvalue weighted by atomic mass is 10.1. The fraction of sp³-hybridized carbons (Fsp3) is 0.200. The summed E-state index contributed by atoms with van der Waals surface area (Å²) in [6.45, 7) is 2.68. The Kier molecular flexibility index (Phi) is 5.90. The van der Waals surface area contributed by atoms with E-state index in [0.717, 1.165) is 17.1 Å². The maximum absolute atomic E-state index is 12.1. The van der Waals surface area contributed by atoms with Crippen molar-refractivity contribution in [2.24, 2.45) is 0 Å². The van der Waals surface area contributed by atoms with E-state index in [0.29, 0.717) is 12.2 Å². The van der Waals surface area contributed by atoms with Crippen LogP contribution in [-0.4, -0.2) is 23.4 Å². The zero-order valence-corrected chi connectivity index (χ0v) is 14.9. The summed E-state index contributed by atoms with van der Waals surface area (Å²) in [5, 5.41) is 6.82. The first-order chi connectivity index (χ1) is 12.2. The number of hydrogen-bond acceptors (Lipinski definition) is 4. The second-order valence-electron chi connectivity index (χ2n) is 5.74. The average molecular weight is 352 g/mol. The van der Waals surface area contributed by atoms with Gasteiger partial charge in [-0.25, -0.2) is 0 Å². The maximum Gasteiger partial charge on any atom is 0.289 e. The van der Waals surface area contributed by atoms with Gasteiger partial charge in [0.05, 0.1) is 0 Å². The van der Waals surface area contributed by atoms with E-state index in [9.17, 15) is 4.79 Å². The van der Waals surface area contributed by atoms with E-state index >= 15 is 0 Å². The highest BCUT2D eigenvalue weighted by atomic mass is 32.2. The smallest absolute Gasteiger partial charge is 0.289 e. The molecule has 1 N–H and O–H groups in total. The summed E-state index contributed by atoms with van der Waals surface area (Å²) in [5.74, 6) is 1.80. The van der Waals surface area contributed by atoms with Gasteiger partial charge in [-0.1, -0.05) is 65.3 Å². The Morgan fingerprint density at radius 3 is 2.64 bits per heavy atom. The first kappa shape index (κ1) is 17.3. The van der Waals surface area contributed by atoms with Gasteiger partial charge >= 0.3 is 0 Å². The minimum absolute atomic E-state index is 0.231. The molecule has 2 aromatic carbocycles. The highest BCUT2D eigenvalue weighted by Crippen LogP contribution is 2.18. The molecule has 1 aromatic heterocycles. The number of amides is 1. The van der Waals surface area contributed by atoms with Crippen molar-refractivity contribution in [2.45, 2.75) is 12.7 Å². The predicted molar refractivity (Wildman–Crippen MR) is 102 cm³/mol. The van der Waals surface area contributed by atoms with Crippen molar-refractivity contribution in [1.29, 1.82) is 0 Å². The van der Waals surface area contributed by atoms with Crippen molar-refractivity contribution in [3.63, 3.8) is 0 Å². The molecule has 0 atom stereocenters. The van der Waals surface area contributed by atoms with Crippen LogP contribution < -0.4 is 5.32 Å². The zero-order valence-electron chi connectivity index (χ0n) is 14.1. The van der Waals surface area contributed by atoms with E-state index in [-0.39, 0.29) is 11.7 Å². The normalized spacial score (nSPS) is 10.6. The van der Waals surface area contributed by atoms with E-state index in [4.69, 9.17) is 4.52 Å². The third-order valence-electron chi connectivity index (χ3n) is 3.72. The summed E-state index contributed by atoms with van der Waals surface area (Å²) in [6, 6.07) is 19.8. The van der Waals surface area contributed by atoms with Gasteiger partial charge in [-0.05, 0) is 12.5 Å². The number of thioether (sulfide) groups is 1. The summed E-state index contributed by atoms with van der Waals surface area (Å²) in [6.07, 6.45) is 0. The molecule has 0 fully saturated rings. The molecule has 3 aromatic rings. The Morgan fingerprint density at radius 1 is 1.12 bits per heavy atom. The molecule has 0 bridgehead atoms. The fourth-order valence-electron chi connectivity index (χ4n) is 2.33. The summed E-state index contributed by atoms with van der Waals surface area (Å²) in [5.41, 5.74) is 4.16. The summed E-state index contributed by atoms with van der Waals surface area (Å²) < 4.78 is 5.15. The maximum atomic E-state index is 12.1. The van der Waals surface area contributed by atoms with Crippen LogP contribution in [0.4, 0.5) is 0 Å². The predicted octanol–water partition coefficient (Wildman–Crippen LogP) is 4.31. The van der Waals surface area contributed by atoms with E-state index in [1.807, 2.05) is 30.3 Å². The van der Waals surface area contributed by atoms with Crippen LogP contribution in [0.3, 0.4) is 0 Å². The van der Waals surface area contributed by atoms with Crippen molar-refractivity contribution in [2.75, 3.05) is 12.3 Å². The van der Waals surface area contributed by atoms with Crippen LogP contribution in [0, 0.1) is 6.92 Å². The van der Waals surface area contributed by atoms with Crippen molar-refractivity contribution >= 4 is 17.7 Å². The molecule has 4 nitrogen and oxygen atoms in total. The number of carbonyl (C=O) groups excluding carboxylic acids is 1. The number of aryl methyl sites for hydroxylation is 1. The SMILES string of the molecule is Cc1ccc(CSCCNC(=O)c2cc(-c3ccccc3)no2)cc1. The monoisotopic (exact) mass is 352 g/mol. The molecule has 128 valence electrons. The third kappa shape index (κ3) is 4.97. The van der Waals surface area contributed by atoms with Gasteiger partial charge in [-0.2, -0.15) is 11.8 Å². The van der Waals surface area contributed by atoms with Crippen molar-refractivity contribution < 1.29 is 9.32 Å².